The molecule has 0 radical (unpaired) electrons. The second-order valence-electron chi connectivity index (χ2n) is 5.94. The van der Waals surface area contributed by atoms with E-state index in [0.29, 0.717) is 17.4 Å². The van der Waals surface area contributed by atoms with Crippen LogP contribution in [0.4, 0.5) is 11.4 Å². The van der Waals surface area contributed by atoms with Crippen molar-refractivity contribution in [3.05, 3.63) is 98.6 Å². The summed E-state index contributed by atoms with van der Waals surface area (Å²) in [6, 6.07) is 19.5. The molecule has 0 amide bonds. The van der Waals surface area contributed by atoms with Gasteiger partial charge in [-0.05, 0) is 54.4 Å². The third-order valence-electron chi connectivity index (χ3n) is 3.97. The Morgan fingerprint density at radius 1 is 1.11 bits per heavy atom. The summed E-state index contributed by atoms with van der Waals surface area (Å²) < 4.78 is 5.87. The van der Waals surface area contributed by atoms with Crippen molar-refractivity contribution < 1.29 is 9.66 Å². The zero-order chi connectivity index (χ0) is 19.2. The number of hydrogen-bond donors (Lipinski definition) is 0. The van der Waals surface area contributed by atoms with E-state index in [1.807, 2.05) is 49.4 Å². The number of rotatable bonds is 6. The third-order valence-corrected chi connectivity index (χ3v) is 4.38. The molecule has 27 heavy (non-hydrogen) atoms. The van der Waals surface area contributed by atoms with Crippen molar-refractivity contribution in [3.8, 4) is 5.75 Å². The van der Waals surface area contributed by atoms with Gasteiger partial charge in [-0.25, -0.2) is 0 Å². The Morgan fingerprint density at radius 2 is 1.85 bits per heavy atom. The molecule has 0 spiro atoms. The van der Waals surface area contributed by atoms with Crippen LogP contribution in [0.3, 0.4) is 0 Å². The van der Waals surface area contributed by atoms with E-state index in [0.717, 1.165) is 22.4 Å². The highest BCUT2D eigenvalue weighted by atomic mass is 35.5. The second-order valence-corrected chi connectivity index (χ2v) is 6.35. The highest BCUT2D eigenvalue weighted by molar-refractivity contribution is 6.31. The number of para-hydroxylation sites is 1. The molecule has 136 valence electrons. The summed E-state index contributed by atoms with van der Waals surface area (Å²) >= 11 is 6.13. The lowest BCUT2D eigenvalue weighted by Gasteiger charge is -2.09. The molecule has 0 fully saturated rings. The summed E-state index contributed by atoms with van der Waals surface area (Å²) in [5.41, 5.74) is 3.50. The van der Waals surface area contributed by atoms with Crippen LogP contribution in [-0.4, -0.2) is 11.1 Å². The molecule has 0 aliphatic heterocycles. The first-order chi connectivity index (χ1) is 13.0. The van der Waals surface area contributed by atoms with Gasteiger partial charge in [-0.1, -0.05) is 29.8 Å². The van der Waals surface area contributed by atoms with Gasteiger partial charge in [0, 0.05) is 28.9 Å². The van der Waals surface area contributed by atoms with Gasteiger partial charge in [0.1, 0.15) is 12.4 Å². The van der Waals surface area contributed by atoms with E-state index in [1.54, 1.807) is 18.3 Å². The van der Waals surface area contributed by atoms with Gasteiger partial charge in [0.15, 0.2) is 0 Å². The third kappa shape index (κ3) is 4.92. The average molecular weight is 381 g/mol. The summed E-state index contributed by atoms with van der Waals surface area (Å²) in [7, 11) is 0. The Kier molecular flexibility index (Phi) is 5.84. The van der Waals surface area contributed by atoms with Gasteiger partial charge in [-0.2, -0.15) is 0 Å². The average Bonchev–Trinajstić information content (AvgIpc) is 2.68. The fraction of sp³-hybridized carbons (Fsp3) is 0.0952. The number of ether oxygens (including phenoxy) is 1. The van der Waals surface area contributed by atoms with Gasteiger partial charge >= 0.3 is 0 Å². The molecule has 0 aliphatic carbocycles. The zero-order valence-corrected chi connectivity index (χ0v) is 15.4. The van der Waals surface area contributed by atoms with Crippen LogP contribution in [0, 0.1) is 17.0 Å². The smallest absolute Gasteiger partial charge is 0.269 e. The number of hydrogen-bond acceptors (Lipinski definition) is 4. The number of halogens is 1. The summed E-state index contributed by atoms with van der Waals surface area (Å²) in [6.45, 7) is 2.25. The van der Waals surface area contributed by atoms with Crippen LogP contribution < -0.4 is 4.74 Å². The standard InChI is InChI=1S/C21H17ClN2O3/c1-15-6-9-18(12-20(15)22)23-13-17-4-2-3-5-21(17)27-14-16-7-10-19(11-8-16)24(25)26/h2-13H,14H2,1H3. The van der Waals surface area contributed by atoms with Crippen molar-refractivity contribution in [2.45, 2.75) is 13.5 Å². The first-order valence-electron chi connectivity index (χ1n) is 8.28. The number of nitrogens with zero attached hydrogens (tertiary/aromatic N) is 2. The van der Waals surface area contributed by atoms with E-state index in [4.69, 9.17) is 16.3 Å². The Labute approximate surface area is 162 Å². The molecule has 3 aromatic rings. The highest BCUT2D eigenvalue weighted by Gasteiger charge is 2.06. The summed E-state index contributed by atoms with van der Waals surface area (Å²) in [4.78, 5) is 14.8. The van der Waals surface area contributed by atoms with Crippen LogP contribution in [-0.2, 0) is 6.61 Å². The SMILES string of the molecule is Cc1ccc(N=Cc2ccccc2OCc2ccc([N+](=O)[O-])cc2)cc1Cl. The molecule has 0 heterocycles. The number of nitro groups is 1. The van der Waals surface area contributed by atoms with Crippen molar-refractivity contribution in [3.63, 3.8) is 0 Å². The Balaban J connectivity index is 1.72. The molecule has 0 saturated heterocycles. The predicted molar refractivity (Wildman–Crippen MR) is 107 cm³/mol. The molecule has 3 aromatic carbocycles. The molecule has 0 unspecified atom stereocenters. The molecule has 0 aromatic heterocycles. The quantitative estimate of drug-likeness (QED) is 0.304. The lowest BCUT2D eigenvalue weighted by Crippen LogP contribution is -1.98. The Bertz CT molecular complexity index is 985. The Hall–Kier alpha value is -3.18. The van der Waals surface area contributed by atoms with E-state index < -0.39 is 4.92 Å². The molecular weight excluding hydrogens is 364 g/mol. The molecule has 0 aliphatic rings. The maximum atomic E-state index is 10.7. The molecule has 6 heteroatoms. The van der Waals surface area contributed by atoms with E-state index in [1.165, 1.54) is 12.1 Å². The monoisotopic (exact) mass is 380 g/mol. The highest BCUT2D eigenvalue weighted by Crippen LogP contribution is 2.23. The fourth-order valence-corrected chi connectivity index (χ4v) is 2.57. The summed E-state index contributed by atoms with van der Waals surface area (Å²) in [5, 5.41) is 11.4. The maximum absolute atomic E-state index is 10.7. The first kappa shape index (κ1) is 18.6. The lowest BCUT2D eigenvalue weighted by molar-refractivity contribution is -0.384. The molecular formula is C21H17ClN2O3. The second kappa shape index (κ2) is 8.47. The van der Waals surface area contributed by atoms with Crippen molar-refractivity contribution >= 4 is 29.2 Å². The number of non-ortho nitro benzene ring substituents is 1. The van der Waals surface area contributed by atoms with Crippen molar-refractivity contribution in [2.75, 3.05) is 0 Å². The molecule has 0 N–H and O–H groups in total. The number of aryl methyl sites for hydroxylation is 1. The first-order valence-corrected chi connectivity index (χ1v) is 8.66. The van der Waals surface area contributed by atoms with Gasteiger partial charge in [-0.15, -0.1) is 0 Å². The van der Waals surface area contributed by atoms with Crippen LogP contribution in [0.5, 0.6) is 5.75 Å². The normalized spacial score (nSPS) is 10.9. The van der Waals surface area contributed by atoms with Crippen LogP contribution in [0.1, 0.15) is 16.7 Å². The fourth-order valence-electron chi connectivity index (χ4n) is 2.40. The van der Waals surface area contributed by atoms with E-state index >= 15 is 0 Å². The predicted octanol–water partition coefficient (Wildman–Crippen LogP) is 5.89. The van der Waals surface area contributed by atoms with Crippen LogP contribution in [0.25, 0.3) is 0 Å². The van der Waals surface area contributed by atoms with Gasteiger partial charge in [0.25, 0.3) is 5.69 Å². The van der Waals surface area contributed by atoms with E-state index in [-0.39, 0.29) is 5.69 Å². The topological polar surface area (TPSA) is 64.7 Å². The van der Waals surface area contributed by atoms with E-state index in [9.17, 15) is 10.1 Å². The van der Waals surface area contributed by atoms with Gasteiger partial charge in [0.05, 0.1) is 10.6 Å². The number of benzene rings is 3. The van der Waals surface area contributed by atoms with Crippen molar-refractivity contribution in [2.24, 2.45) is 4.99 Å². The largest absolute Gasteiger partial charge is 0.488 e. The van der Waals surface area contributed by atoms with Crippen LogP contribution in [0.15, 0.2) is 71.7 Å². The number of aliphatic imine (C=N–C) groups is 1. The minimum Gasteiger partial charge on any atom is -0.488 e. The molecule has 0 bridgehead atoms. The minimum absolute atomic E-state index is 0.0584. The lowest BCUT2D eigenvalue weighted by atomic mass is 10.2. The molecule has 5 nitrogen and oxygen atoms in total. The van der Waals surface area contributed by atoms with Crippen LogP contribution in [0.2, 0.25) is 5.02 Å². The molecule has 0 saturated carbocycles. The Morgan fingerprint density at radius 3 is 2.56 bits per heavy atom. The summed E-state index contributed by atoms with van der Waals surface area (Å²) in [5.74, 6) is 0.679. The van der Waals surface area contributed by atoms with Gasteiger partial charge < -0.3 is 4.74 Å². The van der Waals surface area contributed by atoms with E-state index in [2.05, 4.69) is 4.99 Å². The van der Waals surface area contributed by atoms with Crippen LogP contribution >= 0.6 is 11.6 Å². The zero-order valence-electron chi connectivity index (χ0n) is 14.6. The van der Waals surface area contributed by atoms with Crippen molar-refractivity contribution in [1.82, 2.24) is 0 Å². The van der Waals surface area contributed by atoms with Gasteiger partial charge in [-0.3, -0.25) is 15.1 Å². The minimum atomic E-state index is -0.423. The molecule has 3 rings (SSSR count). The van der Waals surface area contributed by atoms with Gasteiger partial charge in [0.2, 0.25) is 0 Å². The molecule has 0 atom stereocenters. The maximum Gasteiger partial charge on any atom is 0.269 e. The van der Waals surface area contributed by atoms with Crippen molar-refractivity contribution in [1.29, 1.82) is 0 Å². The summed E-state index contributed by atoms with van der Waals surface area (Å²) in [6.07, 6.45) is 1.73. The number of nitro benzene ring substituents is 1.